The highest BCUT2D eigenvalue weighted by atomic mass is 32.1. The first kappa shape index (κ1) is 14.6. The molecule has 0 radical (unpaired) electrons. The van der Waals surface area contributed by atoms with Crippen molar-refractivity contribution in [2.45, 2.75) is 45.8 Å². The van der Waals surface area contributed by atoms with Crippen LogP contribution in [0.5, 0.6) is 0 Å². The number of hydrogen-bond donors (Lipinski definition) is 1. The molecule has 1 saturated carbocycles. The lowest BCUT2D eigenvalue weighted by Gasteiger charge is -2.22. The molecule has 2 nitrogen and oxygen atoms in total. The second-order valence-corrected chi connectivity index (χ2v) is 7.13. The van der Waals surface area contributed by atoms with Crippen LogP contribution in [0.1, 0.15) is 35.1 Å². The van der Waals surface area contributed by atoms with Crippen molar-refractivity contribution < 1.29 is 0 Å². The summed E-state index contributed by atoms with van der Waals surface area (Å²) in [5, 5.41) is 3.59. The minimum atomic E-state index is 0.787. The van der Waals surface area contributed by atoms with E-state index in [2.05, 4.69) is 60.5 Å². The van der Waals surface area contributed by atoms with Crippen molar-refractivity contribution in [3.8, 4) is 0 Å². The molecule has 3 rings (SSSR count). The molecule has 0 aliphatic heterocycles. The van der Waals surface area contributed by atoms with Gasteiger partial charge in [-0.25, -0.2) is 0 Å². The van der Waals surface area contributed by atoms with Gasteiger partial charge in [0, 0.05) is 34.6 Å². The molecule has 1 heterocycles. The van der Waals surface area contributed by atoms with E-state index in [1.54, 1.807) is 0 Å². The van der Waals surface area contributed by atoms with E-state index >= 15 is 0 Å². The van der Waals surface area contributed by atoms with Gasteiger partial charge in [-0.1, -0.05) is 17.7 Å². The fraction of sp³-hybridized carbons (Fsp3) is 0.444. The standard InChI is InChI=1S/C18H24N2S/c1-3-20(16-8-4-14(2)5-9-16)13-18-11-10-17(21-18)12-19-15-6-7-15/h4-5,8-11,15,19H,3,6-7,12-13H2,1-2H3. The molecule has 1 N–H and O–H groups in total. The van der Waals surface area contributed by atoms with Gasteiger partial charge < -0.3 is 10.2 Å². The number of hydrogen-bond acceptors (Lipinski definition) is 3. The van der Waals surface area contributed by atoms with E-state index in [1.165, 1.54) is 33.8 Å². The Hall–Kier alpha value is -1.32. The van der Waals surface area contributed by atoms with E-state index in [4.69, 9.17) is 0 Å². The minimum absolute atomic E-state index is 0.787. The maximum atomic E-state index is 3.59. The topological polar surface area (TPSA) is 15.3 Å². The third kappa shape index (κ3) is 4.08. The van der Waals surface area contributed by atoms with Crippen LogP contribution < -0.4 is 10.2 Å². The van der Waals surface area contributed by atoms with Crippen LogP contribution in [0.2, 0.25) is 0 Å². The van der Waals surface area contributed by atoms with E-state index < -0.39 is 0 Å². The largest absolute Gasteiger partial charge is 0.367 e. The quantitative estimate of drug-likeness (QED) is 0.818. The Labute approximate surface area is 131 Å². The third-order valence-electron chi connectivity index (χ3n) is 3.99. The monoisotopic (exact) mass is 300 g/mol. The number of rotatable bonds is 7. The molecule has 0 atom stereocenters. The van der Waals surface area contributed by atoms with Gasteiger partial charge in [0.1, 0.15) is 0 Å². The van der Waals surface area contributed by atoms with Crippen molar-refractivity contribution in [2.75, 3.05) is 11.4 Å². The number of thiophene rings is 1. The van der Waals surface area contributed by atoms with Crippen LogP contribution in [-0.4, -0.2) is 12.6 Å². The Morgan fingerprint density at radius 3 is 2.48 bits per heavy atom. The SMILES string of the molecule is CCN(Cc1ccc(CNC2CC2)s1)c1ccc(C)cc1. The highest BCUT2D eigenvalue weighted by molar-refractivity contribution is 7.12. The number of anilines is 1. The van der Waals surface area contributed by atoms with Crippen LogP contribution >= 0.6 is 11.3 Å². The number of aryl methyl sites for hydroxylation is 1. The van der Waals surface area contributed by atoms with Crippen molar-refractivity contribution in [3.05, 3.63) is 51.7 Å². The maximum Gasteiger partial charge on any atom is 0.0522 e. The summed E-state index contributed by atoms with van der Waals surface area (Å²) in [6, 6.07) is 14.2. The summed E-state index contributed by atoms with van der Waals surface area (Å²) < 4.78 is 0. The molecule has 0 bridgehead atoms. The Bertz CT molecular complexity index is 569. The average molecular weight is 300 g/mol. The summed E-state index contributed by atoms with van der Waals surface area (Å²) in [7, 11) is 0. The first-order valence-corrected chi connectivity index (χ1v) is 8.69. The molecular weight excluding hydrogens is 276 g/mol. The number of benzene rings is 1. The fourth-order valence-corrected chi connectivity index (χ4v) is 3.45. The Morgan fingerprint density at radius 1 is 1.10 bits per heavy atom. The molecule has 0 amide bonds. The van der Waals surface area contributed by atoms with Crippen LogP contribution in [0.3, 0.4) is 0 Å². The highest BCUT2D eigenvalue weighted by Gasteiger charge is 2.20. The summed E-state index contributed by atoms with van der Waals surface area (Å²) in [4.78, 5) is 5.34. The molecule has 1 fully saturated rings. The minimum Gasteiger partial charge on any atom is -0.367 e. The number of nitrogens with zero attached hydrogens (tertiary/aromatic N) is 1. The second kappa shape index (κ2) is 6.63. The molecule has 1 aromatic heterocycles. The van der Waals surface area contributed by atoms with Gasteiger partial charge in [0.05, 0.1) is 6.54 Å². The smallest absolute Gasteiger partial charge is 0.0522 e. The zero-order valence-corrected chi connectivity index (χ0v) is 13.7. The van der Waals surface area contributed by atoms with Crippen molar-refractivity contribution in [3.63, 3.8) is 0 Å². The third-order valence-corrected chi connectivity index (χ3v) is 5.06. The highest BCUT2D eigenvalue weighted by Crippen LogP contribution is 2.24. The van der Waals surface area contributed by atoms with E-state index in [9.17, 15) is 0 Å². The van der Waals surface area contributed by atoms with Crippen LogP contribution in [-0.2, 0) is 13.1 Å². The molecule has 0 spiro atoms. The zero-order valence-electron chi connectivity index (χ0n) is 12.9. The molecule has 0 unspecified atom stereocenters. The molecule has 3 heteroatoms. The van der Waals surface area contributed by atoms with E-state index in [-0.39, 0.29) is 0 Å². The lowest BCUT2D eigenvalue weighted by molar-refractivity contribution is 0.695. The predicted octanol–water partition coefficient (Wildman–Crippen LogP) is 4.34. The van der Waals surface area contributed by atoms with Crippen molar-refractivity contribution in [1.82, 2.24) is 5.32 Å². The lowest BCUT2D eigenvalue weighted by Crippen LogP contribution is -2.21. The Kier molecular flexibility index (Phi) is 4.61. The van der Waals surface area contributed by atoms with Crippen LogP contribution in [0, 0.1) is 6.92 Å². The van der Waals surface area contributed by atoms with E-state index in [0.717, 1.165) is 25.7 Å². The van der Waals surface area contributed by atoms with Gasteiger partial charge in [-0.15, -0.1) is 11.3 Å². The van der Waals surface area contributed by atoms with Gasteiger partial charge in [0.15, 0.2) is 0 Å². The van der Waals surface area contributed by atoms with Gasteiger partial charge in [-0.3, -0.25) is 0 Å². The van der Waals surface area contributed by atoms with Crippen molar-refractivity contribution >= 4 is 17.0 Å². The van der Waals surface area contributed by atoms with Crippen LogP contribution in [0.4, 0.5) is 5.69 Å². The van der Waals surface area contributed by atoms with Crippen molar-refractivity contribution in [1.29, 1.82) is 0 Å². The van der Waals surface area contributed by atoms with Crippen LogP contribution in [0.25, 0.3) is 0 Å². The normalized spacial score (nSPS) is 14.4. The molecule has 1 aromatic carbocycles. The van der Waals surface area contributed by atoms with E-state index in [1.807, 2.05) is 11.3 Å². The Balaban J connectivity index is 1.61. The first-order valence-electron chi connectivity index (χ1n) is 7.87. The molecular formula is C18H24N2S. The fourth-order valence-electron chi connectivity index (χ4n) is 2.46. The molecule has 21 heavy (non-hydrogen) atoms. The number of nitrogens with one attached hydrogen (secondary N) is 1. The lowest BCUT2D eigenvalue weighted by atomic mass is 10.2. The second-order valence-electron chi connectivity index (χ2n) is 5.87. The summed E-state index contributed by atoms with van der Waals surface area (Å²) >= 11 is 1.94. The molecule has 2 aromatic rings. The van der Waals surface area contributed by atoms with E-state index in [0.29, 0.717) is 0 Å². The molecule has 1 aliphatic carbocycles. The van der Waals surface area contributed by atoms with Gasteiger partial charge in [0.2, 0.25) is 0 Å². The van der Waals surface area contributed by atoms with Crippen LogP contribution in [0.15, 0.2) is 36.4 Å². The zero-order chi connectivity index (χ0) is 14.7. The maximum absolute atomic E-state index is 3.59. The molecule has 0 saturated heterocycles. The summed E-state index contributed by atoms with van der Waals surface area (Å²) in [6.07, 6.45) is 2.71. The summed E-state index contributed by atoms with van der Waals surface area (Å²) in [5.41, 5.74) is 2.63. The summed E-state index contributed by atoms with van der Waals surface area (Å²) in [5.74, 6) is 0. The molecule has 112 valence electrons. The van der Waals surface area contributed by atoms with Gasteiger partial charge in [-0.05, 0) is 51.0 Å². The molecule has 1 aliphatic rings. The van der Waals surface area contributed by atoms with Gasteiger partial charge >= 0.3 is 0 Å². The predicted molar refractivity (Wildman–Crippen MR) is 92.1 cm³/mol. The summed E-state index contributed by atoms with van der Waals surface area (Å²) in [6.45, 7) is 7.44. The average Bonchev–Trinajstić information content (AvgIpc) is 3.23. The van der Waals surface area contributed by atoms with Crippen molar-refractivity contribution in [2.24, 2.45) is 0 Å². The van der Waals surface area contributed by atoms with Gasteiger partial charge in [0.25, 0.3) is 0 Å². The Morgan fingerprint density at radius 2 is 1.81 bits per heavy atom. The van der Waals surface area contributed by atoms with Gasteiger partial charge in [-0.2, -0.15) is 0 Å². The first-order chi connectivity index (χ1) is 10.2.